The van der Waals surface area contributed by atoms with Crippen molar-refractivity contribution in [2.45, 2.75) is 51.9 Å². The highest BCUT2D eigenvalue weighted by Crippen LogP contribution is 2.15. The Kier molecular flexibility index (Phi) is 8.07. The van der Waals surface area contributed by atoms with Gasteiger partial charge in [-0.3, -0.25) is 9.79 Å². The van der Waals surface area contributed by atoms with Gasteiger partial charge >= 0.3 is 5.97 Å². The van der Waals surface area contributed by atoms with Crippen molar-refractivity contribution in [2.24, 2.45) is 16.6 Å². The molecule has 0 bridgehead atoms. The summed E-state index contributed by atoms with van der Waals surface area (Å²) in [5, 5.41) is 0. The fourth-order valence-electron chi connectivity index (χ4n) is 2.37. The second-order valence-corrected chi connectivity index (χ2v) is 5.65. The first-order valence-electron chi connectivity index (χ1n) is 7.75. The van der Waals surface area contributed by atoms with E-state index in [4.69, 9.17) is 5.73 Å². The lowest BCUT2D eigenvalue weighted by molar-refractivity contribution is -0.140. The summed E-state index contributed by atoms with van der Waals surface area (Å²) in [5.74, 6) is 1.40. The molecule has 1 saturated heterocycles. The molecule has 0 atom stereocenters. The molecule has 1 heterocycles. The maximum Gasteiger partial charge on any atom is 0.305 e. The minimum atomic E-state index is -0.119. The van der Waals surface area contributed by atoms with Crippen LogP contribution in [0.5, 0.6) is 0 Å². The van der Waals surface area contributed by atoms with Crippen LogP contribution in [0.1, 0.15) is 51.9 Å². The molecule has 116 valence electrons. The van der Waals surface area contributed by atoms with Gasteiger partial charge in [0.15, 0.2) is 5.96 Å². The molecular formula is C15H29N3O2. The summed E-state index contributed by atoms with van der Waals surface area (Å²) in [5.41, 5.74) is 6.01. The number of hydrogen-bond acceptors (Lipinski definition) is 3. The molecule has 0 aromatic rings. The number of carbonyl (C=O) groups excluding carboxylic acids is 1. The Balaban J connectivity index is 2.04. The van der Waals surface area contributed by atoms with Gasteiger partial charge in [-0.15, -0.1) is 0 Å². The monoisotopic (exact) mass is 283 g/mol. The summed E-state index contributed by atoms with van der Waals surface area (Å²) >= 11 is 0. The Morgan fingerprint density at radius 2 is 1.90 bits per heavy atom. The van der Waals surface area contributed by atoms with E-state index in [0.29, 0.717) is 12.4 Å². The summed E-state index contributed by atoms with van der Waals surface area (Å²) in [7, 11) is 1.43. The van der Waals surface area contributed by atoms with Gasteiger partial charge in [0.2, 0.25) is 0 Å². The average molecular weight is 283 g/mol. The Bertz CT molecular complexity index is 310. The topological polar surface area (TPSA) is 67.9 Å². The molecule has 0 radical (unpaired) electrons. The smallest absolute Gasteiger partial charge is 0.305 e. The van der Waals surface area contributed by atoms with Crippen LogP contribution in [0.2, 0.25) is 0 Å². The van der Waals surface area contributed by atoms with Crippen LogP contribution in [-0.4, -0.2) is 43.6 Å². The lowest BCUT2D eigenvalue weighted by Gasteiger charge is -2.31. The van der Waals surface area contributed by atoms with Crippen molar-refractivity contribution in [3.63, 3.8) is 0 Å². The molecule has 0 spiro atoms. The second-order valence-electron chi connectivity index (χ2n) is 5.65. The van der Waals surface area contributed by atoms with Crippen LogP contribution >= 0.6 is 0 Å². The van der Waals surface area contributed by atoms with Crippen molar-refractivity contribution in [2.75, 3.05) is 26.7 Å². The number of piperidine rings is 1. The number of carbonyl (C=O) groups is 1. The number of nitrogens with two attached hydrogens (primary N) is 1. The quantitative estimate of drug-likeness (QED) is 0.336. The second kappa shape index (κ2) is 9.61. The van der Waals surface area contributed by atoms with Crippen molar-refractivity contribution in [1.82, 2.24) is 4.90 Å². The summed E-state index contributed by atoms with van der Waals surface area (Å²) < 4.78 is 4.60. The van der Waals surface area contributed by atoms with Gasteiger partial charge in [0.1, 0.15) is 0 Å². The zero-order valence-electron chi connectivity index (χ0n) is 12.9. The number of hydrogen-bond donors (Lipinski definition) is 1. The van der Waals surface area contributed by atoms with Gasteiger partial charge in [-0.25, -0.2) is 0 Å². The number of unbranched alkanes of at least 4 members (excludes halogenated alkanes) is 3. The van der Waals surface area contributed by atoms with Crippen LogP contribution in [0.25, 0.3) is 0 Å². The van der Waals surface area contributed by atoms with E-state index in [9.17, 15) is 4.79 Å². The fourth-order valence-corrected chi connectivity index (χ4v) is 2.37. The zero-order chi connectivity index (χ0) is 14.8. The first kappa shape index (κ1) is 16.8. The highest BCUT2D eigenvalue weighted by atomic mass is 16.5. The molecule has 1 aliphatic rings. The molecule has 0 aromatic heterocycles. The molecule has 0 saturated carbocycles. The minimum Gasteiger partial charge on any atom is -0.469 e. The summed E-state index contributed by atoms with van der Waals surface area (Å²) in [4.78, 5) is 17.6. The zero-order valence-corrected chi connectivity index (χ0v) is 12.9. The molecule has 0 aliphatic carbocycles. The lowest BCUT2D eigenvalue weighted by atomic mass is 10.00. The first-order valence-corrected chi connectivity index (χ1v) is 7.75. The summed E-state index contributed by atoms with van der Waals surface area (Å²) in [6.07, 6.45) is 7.01. The van der Waals surface area contributed by atoms with Gasteiger partial charge in [0, 0.05) is 26.1 Å². The largest absolute Gasteiger partial charge is 0.469 e. The van der Waals surface area contributed by atoms with Crippen LogP contribution in [0.3, 0.4) is 0 Å². The van der Waals surface area contributed by atoms with Gasteiger partial charge in [-0.1, -0.05) is 19.8 Å². The van der Waals surface area contributed by atoms with Gasteiger partial charge in [-0.05, 0) is 31.6 Å². The standard InChI is InChI=1S/C15H29N3O2/c1-13-8-11-18(12-9-13)15(16)17-10-6-4-3-5-7-14(19)20-2/h13H,3-12H2,1-2H3,(H2,16,17). The maximum absolute atomic E-state index is 10.9. The SMILES string of the molecule is COC(=O)CCCCCCN=C(N)N1CCC(C)CC1. The predicted octanol–water partition coefficient (Wildman–Crippen LogP) is 2.16. The maximum atomic E-state index is 10.9. The highest BCUT2D eigenvalue weighted by molar-refractivity contribution is 5.78. The van der Waals surface area contributed by atoms with E-state index in [-0.39, 0.29) is 5.97 Å². The van der Waals surface area contributed by atoms with E-state index in [1.54, 1.807) is 0 Å². The van der Waals surface area contributed by atoms with Gasteiger partial charge in [0.25, 0.3) is 0 Å². The molecule has 2 N–H and O–H groups in total. The van der Waals surface area contributed by atoms with E-state index >= 15 is 0 Å². The first-order chi connectivity index (χ1) is 9.63. The molecule has 1 fully saturated rings. The Labute approximate surface area is 122 Å². The molecule has 0 amide bonds. The Morgan fingerprint density at radius 3 is 2.55 bits per heavy atom. The van der Waals surface area contributed by atoms with Crippen LogP contribution in [-0.2, 0) is 9.53 Å². The number of likely N-dealkylation sites (tertiary alicyclic amines) is 1. The summed E-state index contributed by atoms with van der Waals surface area (Å²) in [6, 6.07) is 0. The minimum absolute atomic E-state index is 0.119. The third-order valence-electron chi connectivity index (χ3n) is 3.90. The molecule has 5 nitrogen and oxygen atoms in total. The van der Waals surface area contributed by atoms with Crippen LogP contribution in [0.15, 0.2) is 4.99 Å². The van der Waals surface area contributed by atoms with E-state index in [2.05, 4.69) is 21.6 Å². The molecule has 1 rings (SSSR count). The predicted molar refractivity (Wildman–Crippen MR) is 81.6 cm³/mol. The molecule has 5 heteroatoms. The van der Waals surface area contributed by atoms with E-state index in [0.717, 1.165) is 51.2 Å². The van der Waals surface area contributed by atoms with Crippen molar-refractivity contribution in [3.05, 3.63) is 0 Å². The number of ether oxygens (including phenoxy) is 1. The van der Waals surface area contributed by atoms with E-state index in [1.165, 1.54) is 20.0 Å². The van der Waals surface area contributed by atoms with Crippen LogP contribution in [0, 0.1) is 5.92 Å². The number of guanidine groups is 1. The van der Waals surface area contributed by atoms with Gasteiger partial charge < -0.3 is 15.4 Å². The summed E-state index contributed by atoms with van der Waals surface area (Å²) in [6.45, 7) is 5.15. The lowest BCUT2D eigenvalue weighted by Crippen LogP contribution is -2.42. The molecule has 20 heavy (non-hydrogen) atoms. The molecular weight excluding hydrogens is 254 g/mol. The number of nitrogens with zero attached hydrogens (tertiary/aromatic N) is 2. The van der Waals surface area contributed by atoms with Crippen LogP contribution < -0.4 is 5.73 Å². The number of rotatable bonds is 7. The van der Waals surface area contributed by atoms with Gasteiger partial charge in [-0.2, -0.15) is 0 Å². The van der Waals surface area contributed by atoms with E-state index in [1.807, 2.05) is 0 Å². The molecule has 0 aromatic carbocycles. The Hall–Kier alpha value is -1.26. The van der Waals surface area contributed by atoms with Gasteiger partial charge in [0.05, 0.1) is 7.11 Å². The Morgan fingerprint density at radius 1 is 1.25 bits per heavy atom. The third kappa shape index (κ3) is 6.78. The van der Waals surface area contributed by atoms with Crippen molar-refractivity contribution >= 4 is 11.9 Å². The molecule has 0 unspecified atom stereocenters. The average Bonchev–Trinajstić information content (AvgIpc) is 2.46. The third-order valence-corrected chi connectivity index (χ3v) is 3.90. The normalized spacial score (nSPS) is 17.3. The number of methoxy groups -OCH3 is 1. The van der Waals surface area contributed by atoms with Crippen molar-refractivity contribution in [3.8, 4) is 0 Å². The molecule has 1 aliphatic heterocycles. The number of esters is 1. The van der Waals surface area contributed by atoms with Crippen LogP contribution in [0.4, 0.5) is 0 Å². The number of aliphatic imine (C=N–C) groups is 1. The van der Waals surface area contributed by atoms with Crippen molar-refractivity contribution in [1.29, 1.82) is 0 Å². The highest BCUT2D eigenvalue weighted by Gasteiger charge is 2.16. The van der Waals surface area contributed by atoms with E-state index < -0.39 is 0 Å². The fraction of sp³-hybridized carbons (Fsp3) is 0.867. The van der Waals surface area contributed by atoms with Crippen molar-refractivity contribution < 1.29 is 9.53 Å².